The molecule has 4 aromatic carbocycles. The summed E-state index contributed by atoms with van der Waals surface area (Å²) in [5, 5.41) is 4.96. The van der Waals surface area contributed by atoms with Gasteiger partial charge in [-0.2, -0.15) is 5.10 Å². The fourth-order valence-electron chi connectivity index (χ4n) is 6.14. The fourth-order valence-corrected chi connectivity index (χ4v) is 7.57. The van der Waals surface area contributed by atoms with Crippen LogP contribution in [0.2, 0.25) is 0 Å². The van der Waals surface area contributed by atoms with Crippen LogP contribution in [-0.4, -0.2) is 28.9 Å². The molecule has 3 heterocycles. The molecule has 1 unspecified atom stereocenters. The molecule has 0 bridgehead atoms. The summed E-state index contributed by atoms with van der Waals surface area (Å²) in [4.78, 5) is 9.67. The Morgan fingerprint density at radius 2 is 1.25 bits per heavy atom. The molecule has 2 aromatic heterocycles. The van der Waals surface area contributed by atoms with E-state index in [1.54, 1.807) is 24.3 Å². The van der Waals surface area contributed by atoms with Gasteiger partial charge in [-0.1, -0.05) is 124 Å². The number of hydrogen-bond acceptors (Lipinski definition) is 5. The number of hydrogen-bond donors (Lipinski definition) is 1. The van der Waals surface area contributed by atoms with E-state index in [1.165, 1.54) is 0 Å². The number of rotatable bonds is 9. The molecule has 7 nitrogen and oxygen atoms in total. The SMILES string of the molecule is CC(C)(C)c1ccc(S(=O)(=O)Nc2ccc(Br)c(C3N=C3c3cnn(C(c4ccccc4)(c4ccccc4)c4ccccc4)c3)n2)cc1. The Kier molecular flexibility index (Phi) is 8.13. The normalized spacial score (nSPS) is 14.8. The Hall–Kier alpha value is -4.86. The second-order valence-corrected chi connectivity index (χ2v) is 15.4. The Balaban J connectivity index is 1.20. The Bertz CT molecular complexity index is 2120. The summed E-state index contributed by atoms with van der Waals surface area (Å²) in [6.07, 6.45) is 3.87. The molecule has 1 N–H and O–H groups in total. The molecule has 0 fully saturated rings. The van der Waals surface area contributed by atoms with Crippen LogP contribution in [0.1, 0.15) is 60.3 Å². The van der Waals surface area contributed by atoms with E-state index >= 15 is 0 Å². The van der Waals surface area contributed by atoms with Gasteiger partial charge in [0.25, 0.3) is 10.0 Å². The molecule has 0 amide bonds. The number of nitrogens with one attached hydrogen (secondary N) is 1. The van der Waals surface area contributed by atoms with Crippen LogP contribution in [0.25, 0.3) is 0 Å². The predicted octanol–water partition coefficient (Wildman–Crippen LogP) is 8.52. The van der Waals surface area contributed by atoms with Crippen molar-refractivity contribution < 1.29 is 8.42 Å². The van der Waals surface area contributed by atoms with Crippen molar-refractivity contribution in [3.63, 3.8) is 0 Å². The second-order valence-electron chi connectivity index (χ2n) is 12.8. The minimum atomic E-state index is -3.85. The molecular formula is C39H34BrN5O2S. The highest BCUT2D eigenvalue weighted by Gasteiger charge is 2.41. The van der Waals surface area contributed by atoms with Crippen molar-refractivity contribution in [2.24, 2.45) is 4.99 Å². The number of aromatic nitrogens is 3. The van der Waals surface area contributed by atoms with Gasteiger partial charge in [-0.05, 0) is 67.9 Å². The number of halogens is 1. The molecule has 0 spiro atoms. The molecule has 9 heteroatoms. The highest BCUT2D eigenvalue weighted by Crippen LogP contribution is 2.42. The number of aliphatic imine (C=N–C) groups is 1. The molecule has 0 aliphatic carbocycles. The quantitative estimate of drug-likeness (QED) is 0.152. The van der Waals surface area contributed by atoms with Crippen molar-refractivity contribution in [2.45, 2.75) is 42.7 Å². The monoisotopic (exact) mass is 715 g/mol. The Morgan fingerprint density at radius 1 is 0.708 bits per heavy atom. The van der Waals surface area contributed by atoms with Crippen molar-refractivity contribution in [3.8, 4) is 0 Å². The van der Waals surface area contributed by atoms with Gasteiger partial charge in [0.05, 0.1) is 22.5 Å². The fraction of sp³-hybridized carbons (Fsp3) is 0.154. The van der Waals surface area contributed by atoms with E-state index < -0.39 is 15.6 Å². The predicted molar refractivity (Wildman–Crippen MR) is 194 cm³/mol. The van der Waals surface area contributed by atoms with E-state index in [0.29, 0.717) is 5.69 Å². The summed E-state index contributed by atoms with van der Waals surface area (Å²) in [7, 11) is -3.85. The second kappa shape index (κ2) is 12.3. The lowest BCUT2D eigenvalue weighted by Crippen LogP contribution is -2.38. The van der Waals surface area contributed by atoms with E-state index in [1.807, 2.05) is 83.8 Å². The number of anilines is 1. The number of benzene rings is 4. The first-order chi connectivity index (χ1) is 23.1. The van der Waals surface area contributed by atoms with Crippen LogP contribution >= 0.6 is 15.9 Å². The average molecular weight is 717 g/mol. The molecule has 1 aliphatic rings. The summed E-state index contributed by atoms with van der Waals surface area (Å²) in [6, 6.07) is 41.2. The van der Waals surface area contributed by atoms with E-state index in [0.717, 1.165) is 38.0 Å². The van der Waals surface area contributed by atoms with Crippen LogP contribution in [0.4, 0.5) is 5.82 Å². The zero-order chi connectivity index (χ0) is 33.5. The van der Waals surface area contributed by atoms with E-state index in [2.05, 4.69) is 77.8 Å². The van der Waals surface area contributed by atoms with Gasteiger partial charge in [-0.3, -0.25) is 14.4 Å². The lowest BCUT2D eigenvalue weighted by Gasteiger charge is -2.36. The zero-order valence-corrected chi connectivity index (χ0v) is 29.2. The molecule has 240 valence electrons. The molecule has 6 aromatic rings. The van der Waals surface area contributed by atoms with Gasteiger partial charge in [-0.15, -0.1) is 0 Å². The smallest absolute Gasteiger partial charge is 0.263 e. The highest BCUT2D eigenvalue weighted by molar-refractivity contribution is 9.10. The number of sulfonamides is 1. The molecule has 0 radical (unpaired) electrons. The first kappa shape index (κ1) is 31.7. The zero-order valence-electron chi connectivity index (χ0n) is 26.7. The van der Waals surface area contributed by atoms with Crippen molar-refractivity contribution in [1.29, 1.82) is 0 Å². The molecule has 1 atom stereocenters. The Morgan fingerprint density at radius 3 is 1.77 bits per heavy atom. The maximum atomic E-state index is 13.3. The lowest BCUT2D eigenvalue weighted by molar-refractivity contribution is 0.460. The number of pyridine rings is 1. The average Bonchev–Trinajstić information content (AvgIpc) is 3.74. The first-order valence-corrected chi connectivity index (χ1v) is 17.9. The molecule has 48 heavy (non-hydrogen) atoms. The standard InChI is InChI=1S/C39H34BrN5O2S/c1-38(2,3)28-19-21-32(22-20-28)48(46,47)44-34-24-23-33(40)36(42-34)37-35(43-37)27-25-41-45(26-27)39(29-13-7-4-8-14-29,30-15-9-5-10-16-30)31-17-11-6-12-18-31/h4-26,37H,1-3H3,(H,42,44). The van der Waals surface area contributed by atoms with Gasteiger partial charge in [0.2, 0.25) is 0 Å². The van der Waals surface area contributed by atoms with Gasteiger partial charge in [0, 0.05) is 16.2 Å². The maximum Gasteiger partial charge on any atom is 0.263 e. The molecule has 1 aliphatic heterocycles. The summed E-state index contributed by atoms with van der Waals surface area (Å²) >= 11 is 3.62. The van der Waals surface area contributed by atoms with Crippen LogP contribution in [0.5, 0.6) is 0 Å². The van der Waals surface area contributed by atoms with E-state index in [4.69, 9.17) is 15.1 Å². The summed E-state index contributed by atoms with van der Waals surface area (Å²) < 4.78 is 32.0. The van der Waals surface area contributed by atoms with Gasteiger partial charge >= 0.3 is 0 Å². The van der Waals surface area contributed by atoms with Crippen molar-refractivity contribution in [3.05, 3.63) is 178 Å². The molecular weight excluding hydrogens is 682 g/mol. The third-order valence-electron chi connectivity index (χ3n) is 8.66. The van der Waals surface area contributed by atoms with Crippen molar-refractivity contribution in [1.82, 2.24) is 14.8 Å². The molecule has 7 rings (SSSR count). The van der Waals surface area contributed by atoms with E-state index in [9.17, 15) is 8.42 Å². The minimum Gasteiger partial charge on any atom is -0.270 e. The van der Waals surface area contributed by atoms with Crippen LogP contribution < -0.4 is 4.72 Å². The number of nitrogens with zero attached hydrogens (tertiary/aromatic N) is 4. The lowest BCUT2D eigenvalue weighted by atomic mass is 9.77. The summed E-state index contributed by atoms with van der Waals surface area (Å²) in [5.41, 5.74) is 5.78. The van der Waals surface area contributed by atoms with Crippen LogP contribution in [-0.2, 0) is 21.0 Å². The topological polar surface area (TPSA) is 89.2 Å². The minimum absolute atomic E-state index is 0.0809. The van der Waals surface area contributed by atoms with Gasteiger partial charge in [-0.25, -0.2) is 13.4 Å². The van der Waals surface area contributed by atoms with Gasteiger partial charge in [0.15, 0.2) is 0 Å². The van der Waals surface area contributed by atoms with Gasteiger partial charge in [0.1, 0.15) is 17.4 Å². The van der Waals surface area contributed by atoms with Crippen LogP contribution in [0.15, 0.2) is 154 Å². The van der Waals surface area contributed by atoms with Crippen LogP contribution in [0.3, 0.4) is 0 Å². The highest BCUT2D eigenvalue weighted by atomic mass is 79.9. The van der Waals surface area contributed by atoms with Gasteiger partial charge < -0.3 is 0 Å². The third-order valence-corrected chi connectivity index (χ3v) is 10.7. The third kappa shape index (κ3) is 5.88. The van der Waals surface area contributed by atoms with Crippen LogP contribution in [0, 0.1) is 0 Å². The van der Waals surface area contributed by atoms with Crippen molar-refractivity contribution in [2.75, 3.05) is 4.72 Å². The van der Waals surface area contributed by atoms with E-state index in [-0.39, 0.29) is 22.2 Å². The maximum absolute atomic E-state index is 13.3. The summed E-state index contributed by atoms with van der Waals surface area (Å²) in [6.45, 7) is 6.27. The largest absolute Gasteiger partial charge is 0.270 e. The summed E-state index contributed by atoms with van der Waals surface area (Å²) in [5.74, 6) is 0.224. The molecule has 0 saturated carbocycles. The van der Waals surface area contributed by atoms with Crippen molar-refractivity contribution >= 4 is 37.5 Å². The molecule has 0 saturated heterocycles. The first-order valence-electron chi connectivity index (χ1n) is 15.7. The Labute approximate surface area is 289 Å².